The van der Waals surface area contributed by atoms with Crippen LogP contribution in [-0.2, 0) is 14.3 Å². The van der Waals surface area contributed by atoms with Crippen molar-refractivity contribution in [2.75, 3.05) is 11.9 Å². The predicted octanol–water partition coefficient (Wildman–Crippen LogP) is 0.129. The molecule has 0 aliphatic carbocycles. The number of benzene rings is 1. The zero-order valence-electron chi connectivity index (χ0n) is 10.5. The third-order valence-electron chi connectivity index (χ3n) is 2.29. The fourth-order valence-corrected chi connectivity index (χ4v) is 1.35. The number of esters is 1. The van der Waals surface area contributed by atoms with Crippen molar-refractivity contribution in [3.05, 3.63) is 28.3 Å². The maximum absolute atomic E-state index is 11.7. The molecule has 0 aromatic heterocycles. The molecule has 4 N–H and O–H groups in total. The van der Waals surface area contributed by atoms with Crippen LogP contribution in [0.3, 0.4) is 0 Å². The molecule has 0 radical (unpaired) electrons. The largest absolute Gasteiger partial charge is 0.505 e. The Morgan fingerprint density at radius 3 is 2.75 bits per heavy atom. The number of nitrogens with one attached hydrogen (secondary N) is 1. The van der Waals surface area contributed by atoms with Crippen LogP contribution in [0.15, 0.2) is 18.2 Å². The number of nitrogens with zero attached hydrogens (tertiary/aromatic N) is 1. The molecule has 1 amide bonds. The monoisotopic (exact) mass is 283 g/mol. The molecule has 0 aliphatic heterocycles. The first-order valence-corrected chi connectivity index (χ1v) is 5.58. The molecule has 0 heterocycles. The lowest BCUT2D eigenvalue weighted by atomic mass is 10.2. The number of amides is 1. The third-order valence-corrected chi connectivity index (χ3v) is 2.29. The summed E-state index contributed by atoms with van der Waals surface area (Å²) < 4.78 is 4.55. The van der Waals surface area contributed by atoms with Crippen molar-refractivity contribution in [2.45, 2.75) is 13.0 Å². The summed E-state index contributed by atoms with van der Waals surface area (Å²) >= 11 is 0. The van der Waals surface area contributed by atoms with Crippen LogP contribution < -0.4 is 11.1 Å². The summed E-state index contributed by atoms with van der Waals surface area (Å²) in [6.07, 6.45) is 0. The highest BCUT2D eigenvalue weighted by Gasteiger charge is 2.27. The van der Waals surface area contributed by atoms with E-state index in [4.69, 9.17) is 5.73 Å². The zero-order valence-corrected chi connectivity index (χ0v) is 10.5. The van der Waals surface area contributed by atoms with Gasteiger partial charge in [-0.05, 0) is 13.0 Å². The van der Waals surface area contributed by atoms with Gasteiger partial charge in [0.2, 0.25) is 0 Å². The van der Waals surface area contributed by atoms with Crippen LogP contribution in [0.2, 0.25) is 0 Å². The van der Waals surface area contributed by atoms with E-state index < -0.39 is 40.0 Å². The Morgan fingerprint density at radius 1 is 1.55 bits per heavy atom. The second kappa shape index (κ2) is 6.48. The lowest BCUT2D eigenvalue weighted by molar-refractivity contribution is -0.384. The van der Waals surface area contributed by atoms with E-state index in [1.54, 1.807) is 0 Å². The van der Waals surface area contributed by atoms with Crippen LogP contribution in [0.25, 0.3) is 0 Å². The van der Waals surface area contributed by atoms with Gasteiger partial charge in [-0.2, -0.15) is 0 Å². The van der Waals surface area contributed by atoms with Gasteiger partial charge >= 0.3 is 5.97 Å². The number of rotatable bonds is 5. The van der Waals surface area contributed by atoms with Gasteiger partial charge in [-0.3, -0.25) is 14.9 Å². The summed E-state index contributed by atoms with van der Waals surface area (Å²) in [5, 5.41) is 22.4. The van der Waals surface area contributed by atoms with Crippen LogP contribution >= 0.6 is 0 Å². The highest BCUT2D eigenvalue weighted by molar-refractivity contribution is 6.09. The van der Waals surface area contributed by atoms with Gasteiger partial charge in [-0.1, -0.05) is 6.07 Å². The Morgan fingerprint density at radius 2 is 2.20 bits per heavy atom. The van der Waals surface area contributed by atoms with E-state index in [2.05, 4.69) is 4.74 Å². The number of nitro benzene ring substituents is 1. The lowest BCUT2D eigenvalue weighted by Gasteiger charge is -2.12. The normalized spacial score (nSPS) is 11.5. The van der Waals surface area contributed by atoms with Crippen molar-refractivity contribution in [1.82, 2.24) is 0 Å². The van der Waals surface area contributed by atoms with Crippen molar-refractivity contribution in [1.29, 1.82) is 0 Å². The Balaban J connectivity index is 2.96. The molecule has 0 bridgehead atoms. The highest BCUT2D eigenvalue weighted by Crippen LogP contribution is 2.32. The van der Waals surface area contributed by atoms with Crippen molar-refractivity contribution in [3.8, 4) is 5.75 Å². The number of para-hydroxylation sites is 1. The highest BCUT2D eigenvalue weighted by atomic mass is 16.6. The van der Waals surface area contributed by atoms with E-state index in [-0.39, 0.29) is 6.61 Å². The summed E-state index contributed by atoms with van der Waals surface area (Å²) in [4.78, 5) is 33.0. The molecule has 0 aliphatic rings. The van der Waals surface area contributed by atoms with Crippen LogP contribution in [0.5, 0.6) is 5.75 Å². The third kappa shape index (κ3) is 3.42. The number of aromatic hydroxyl groups is 1. The molecule has 1 aromatic rings. The minimum Gasteiger partial charge on any atom is -0.505 e. The molecule has 0 fully saturated rings. The molecule has 1 atom stereocenters. The Labute approximate surface area is 113 Å². The SMILES string of the molecule is CCOC(=O)C(N)C(=O)Nc1c(O)cccc1[N+](=O)[O-]. The summed E-state index contributed by atoms with van der Waals surface area (Å²) in [5.41, 5.74) is 4.39. The topological polar surface area (TPSA) is 145 Å². The molecule has 0 saturated carbocycles. The first kappa shape index (κ1) is 15.4. The number of hydrogen-bond acceptors (Lipinski definition) is 7. The lowest BCUT2D eigenvalue weighted by Crippen LogP contribution is -2.43. The van der Waals surface area contributed by atoms with Gasteiger partial charge in [0.15, 0.2) is 11.7 Å². The number of nitrogens with two attached hydrogens (primary N) is 1. The Kier molecular flexibility index (Phi) is 4.98. The molecule has 9 heteroatoms. The molecular formula is C11H13N3O6. The average molecular weight is 283 g/mol. The minimum absolute atomic E-state index is 0.0382. The molecule has 0 spiro atoms. The number of nitro groups is 1. The standard InChI is InChI=1S/C11H13N3O6/c1-2-20-11(17)8(12)10(16)13-9-6(14(18)19)4-3-5-7(9)15/h3-5,8,15H,2,12H2,1H3,(H,13,16). The van der Waals surface area contributed by atoms with Crippen molar-refractivity contribution >= 4 is 23.3 Å². The van der Waals surface area contributed by atoms with Gasteiger partial charge in [-0.25, -0.2) is 4.79 Å². The Hall–Kier alpha value is -2.68. The van der Waals surface area contributed by atoms with Gasteiger partial charge in [-0.15, -0.1) is 0 Å². The number of carbonyl (C=O) groups excluding carboxylic acids is 2. The second-order valence-electron chi connectivity index (χ2n) is 3.65. The first-order chi connectivity index (χ1) is 9.38. The van der Waals surface area contributed by atoms with E-state index in [9.17, 15) is 24.8 Å². The predicted molar refractivity (Wildman–Crippen MR) is 68.0 cm³/mol. The summed E-state index contributed by atoms with van der Waals surface area (Å²) in [6.45, 7) is 1.58. The first-order valence-electron chi connectivity index (χ1n) is 5.58. The van der Waals surface area contributed by atoms with Crippen LogP contribution in [-0.4, -0.2) is 34.6 Å². The summed E-state index contributed by atoms with van der Waals surface area (Å²) in [6, 6.07) is 1.84. The second-order valence-corrected chi connectivity index (χ2v) is 3.65. The molecule has 1 aromatic carbocycles. The van der Waals surface area contributed by atoms with Gasteiger partial charge < -0.3 is 20.9 Å². The summed E-state index contributed by atoms with van der Waals surface area (Å²) in [7, 11) is 0. The van der Waals surface area contributed by atoms with E-state index in [1.807, 2.05) is 5.32 Å². The summed E-state index contributed by atoms with van der Waals surface area (Å²) in [5.74, 6) is -2.50. The van der Waals surface area contributed by atoms with E-state index in [0.29, 0.717) is 0 Å². The fourth-order valence-electron chi connectivity index (χ4n) is 1.35. The number of hydrogen-bond donors (Lipinski definition) is 3. The number of phenolic OH excluding ortho intramolecular Hbond substituents is 1. The molecule has 9 nitrogen and oxygen atoms in total. The molecule has 0 saturated heterocycles. The maximum atomic E-state index is 11.7. The zero-order chi connectivity index (χ0) is 15.3. The van der Waals surface area contributed by atoms with Crippen LogP contribution in [0, 0.1) is 10.1 Å². The van der Waals surface area contributed by atoms with Crippen molar-refractivity contribution in [2.24, 2.45) is 5.73 Å². The Bertz CT molecular complexity index is 545. The van der Waals surface area contributed by atoms with E-state index >= 15 is 0 Å². The smallest absolute Gasteiger partial charge is 0.332 e. The molecule has 108 valence electrons. The van der Waals surface area contributed by atoms with Crippen molar-refractivity contribution < 1.29 is 24.4 Å². The van der Waals surface area contributed by atoms with Crippen molar-refractivity contribution in [3.63, 3.8) is 0 Å². The maximum Gasteiger partial charge on any atom is 0.332 e. The van der Waals surface area contributed by atoms with Crippen LogP contribution in [0.1, 0.15) is 6.92 Å². The number of phenols is 1. The van der Waals surface area contributed by atoms with Gasteiger partial charge in [0, 0.05) is 6.07 Å². The van der Waals surface area contributed by atoms with Crippen LogP contribution in [0.4, 0.5) is 11.4 Å². The molecule has 1 rings (SSSR count). The van der Waals surface area contributed by atoms with Gasteiger partial charge in [0.25, 0.3) is 11.6 Å². The van der Waals surface area contributed by atoms with E-state index in [1.165, 1.54) is 13.0 Å². The molecule has 1 unspecified atom stereocenters. The number of carbonyl (C=O) groups is 2. The molecular weight excluding hydrogens is 270 g/mol. The van der Waals surface area contributed by atoms with E-state index in [0.717, 1.165) is 12.1 Å². The number of anilines is 1. The quantitative estimate of drug-likeness (QED) is 0.229. The fraction of sp³-hybridized carbons (Fsp3) is 0.273. The van der Waals surface area contributed by atoms with Gasteiger partial charge in [0.05, 0.1) is 11.5 Å². The average Bonchev–Trinajstić information content (AvgIpc) is 2.39. The van der Waals surface area contributed by atoms with Gasteiger partial charge in [0.1, 0.15) is 5.75 Å². The number of ether oxygens (including phenoxy) is 1. The minimum atomic E-state index is -1.64. The molecule has 20 heavy (non-hydrogen) atoms.